The summed E-state index contributed by atoms with van der Waals surface area (Å²) in [5.41, 5.74) is -0.927. The molecule has 0 aromatic rings. The summed E-state index contributed by atoms with van der Waals surface area (Å²) >= 11 is 0. The van der Waals surface area contributed by atoms with Gasteiger partial charge in [0.05, 0.1) is 0 Å². The highest BCUT2D eigenvalue weighted by Crippen LogP contribution is 2.38. The van der Waals surface area contributed by atoms with Crippen LogP contribution in [0.4, 0.5) is 4.79 Å². The van der Waals surface area contributed by atoms with Gasteiger partial charge in [-0.15, -0.1) is 0 Å². The molecule has 0 aromatic carbocycles. The van der Waals surface area contributed by atoms with Gasteiger partial charge >= 0.3 is 12.1 Å². The molecule has 1 aliphatic heterocycles. The number of hydrogen-bond acceptors (Lipinski definition) is 4. The largest absolute Gasteiger partial charge is 0.517 e. The zero-order chi connectivity index (χ0) is 9.47. The van der Waals surface area contributed by atoms with Crippen LogP contribution in [0.1, 0.15) is 32.6 Å². The highest BCUT2D eigenvalue weighted by atomic mass is 16.8. The van der Waals surface area contributed by atoms with Crippen LogP contribution >= 0.6 is 0 Å². The summed E-state index contributed by atoms with van der Waals surface area (Å²) in [6.45, 7) is 2.13. The molecule has 1 aliphatic carbocycles. The quantitative estimate of drug-likeness (QED) is 0.424. The highest BCUT2D eigenvalue weighted by Gasteiger charge is 2.52. The lowest BCUT2D eigenvalue weighted by Gasteiger charge is -2.30. The maximum Gasteiger partial charge on any atom is 0.517 e. The standard InChI is InChI=1S/C9H12O4/c1-6-2-4-9(5-3-6)7(10)12-8(11)13-9/h6H,2-5H2,1H3. The molecule has 0 amide bonds. The van der Waals surface area contributed by atoms with E-state index in [-0.39, 0.29) is 0 Å². The third-order valence-electron chi connectivity index (χ3n) is 2.91. The molecule has 0 unspecified atom stereocenters. The van der Waals surface area contributed by atoms with Gasteiger partial charge in [-0.1, -0.05) is 6.92 Å². The Morgan fingerprint density at radius 1 is 1.31 bits per heavy atom. The van der Waals surface area contributed by atoms with E-state index in [4.69, 9.17) is 4.74 Å². The van der Waals surface area contributed by atoms with Gasteiger partial charge in [-0.3, -0.25) is 0 Å². The van der Waals surface area contributed by atoms with Crippen molar-refractivity contribution in [2.24, 2.45) is 5.92 Å². The van der Waals surface area contributed by atoms with E-state index in [1.807, 2.05) is 0 Å². The molecule has 0 radical (unpaired) electrons. The Bertz CT molecular complexity index is 250. The molecule has 4 heteroatoms. The van der Waals surface area contributed by atoms with Crippen LogP contribution in [0, 0.1) is 5.92 Å². The van der Waals surface area contributed by atoms with Crippen LogP contribution < -0.4 is 0 Å². The molecule has 0 N–H and O–H groups in total. The van der Waals surface area contributed by atoms with Crippen molar-refractivity contribution in [2.75, 3.05) is 0 Å². The fourth-order valence-corrected chi connectivity index (χ4v) is 1.93. The molecule has 1 saturated carbocycles. The second-order valence-electron chi connectivity index (χ2n) is 3.92. The topological polar surface area (TPSA) is 52.6 Å². The normalized spacial score (nSPS) is 39.0. The summed E-state index contributed by atoms with van der Waals surface area (Å²) in [6, 6.07) is 0. The summed E-state index contributed by atoms with van der Waals surface area (Å²) in [6.07, 6.45) is 2.22. The van der Waals surface area contributed by atoms with Crippen molar-refractivity contribution in [3.8, 4) is 0 Å². The van der Waals surface area contributed by atoms with E-state index in [9.17, 15) is 9.59 Å². The first-order valence-corrected chi connectivity index (χ1v) is 4.58. The second kappa shape index (κ2) is 2.72. The number of esters is 1. The molecule has 1 heterocycles. The van der Waals surface area contributed by atoms with E-state index >= 15 is 0 Å². The van der Waals surface area contributed by atoms with E-state index in [1.54, 1.807) is 0 Å². The molecule has 2 fully saturated rings. The van der Waals surface area contributed by atoms with Gasteiger partial charge in [0.15, 0.2) is 0 Å². The maximum atomic E-state index is 11.3. The predicted octanol–water partition coefficient (Wildman–Crippen LogP) is 1.63. The molecule has 0 atom stereocenters. The van der Waals surface area contributed by atoms with E-state index < -0.39 is 17.7 Å². The number of carbonyl (C=O) groups is 2. The minimum atomic E-state index is -0.927. The first-order valence-electron chi connectivity index (χ1n) is 4.58. The Morgan fingerprint density at radius 2 is 1.92 bits per heavy atom. The van der Waals surface area contributed by atoms with E-state index in [1.165, 1.54) is 0 Å². The number of cyclic esters (lactones) is 2. The number of carbonyl (C=O) groups excluding carboxylic acids is 2. The van der Waals surface area contributed by atoms with Crippen LogP contribution in [0.15, 0.2) is 0 Å². The van der Waals surface area contributed by atoms with Crippen molar-refractivity contribution < 1.29 is 19.1 Å². The van der Waals surface area contributed by atoms with Crippen LogP contribution in [0.25, 0.3) is 0 Å². The van der Waals surface area contributed by atoms with Gasteiger partial charge < -0.3 is 9.47 Å². The van der Waals surface area contributed by atoms with Crippen LogP contribution in [0.3, 0.4) is 0 Å². The first-order chi connectivity index (χ1) is 6.12. The van der Waals surface area contributed by atoms with Crippen LogP contribution in [0.2, 0.25) is 0 Å². The van der Waals surface area contributed by atoms with Gasteiger partial charge in [-0.2, -0.15) is 0 Å². The predicted molar refractivity (Wildman–Crippen MR) is 42.9 cm³/mol. The molecular formula is C9H12O4. The smallest absolute Gasteiger partial charge is 0.415 e. The van der Waals surface area contributed by atoms with Crippen molar-refractivity contribution in [3.05, 3.63) is 0 Å². The van der Waals surface area contributed by atoms with Crippen molar-refractivity contribution in [3.63, 3.8) is 0 Å². The first kappa shape index (κ1) is 8.53. The van der Waals surface area contributed by atoms with Gasteiger partial charge in [0.25, 0.3) is 0 Å². The average molecular weight is 184 g/mol. The molecule has 1 spiro atoms. The average Bonchev–Trinajstić information content (AvgIpc) is 2.34. The van der Waals surface area contributed by atoms with E-state index in [0.717, 1.165) is 12.8 Å². The lowest BCUT2D eigenvalue weighted by Crippen LogP contribution is -2.39. The molecule has 2 rings (SSSR count). The van der Waals surface area contributed by atoms with Crippen LogP contribution in [-0.2, 0) is 14.3 Å². The molecular weight excluding hydrogens is 172 g/mol. The highest BCUT2D eigenvalue weighted by molar-refractivity contribution is 5.94. The monoisotopic (exact) mass is 184 g/mol. The SMILES string of the molecule is CC1CCC2(CC1)OC(=O)OC2=O. The molecule has 0 aromatic heterocycles. The van der Waals surface area contributed by atoms with Gasteiger partial charge in [-0.05, 0) is 31.6 Å². The Labute approximate surface area is 76.2 Å². The van der Waals surface area contributed by atoms with Crippen molar-refractivity contribution >= 4 is 12.1 Å². The number of rotatable bonds is 0. The molecule has 0 bridgehead atoms. The van der Waals surface area contributed by atoms with Crippen LogP contribution in [-0.4, -0.2) is 17.7 Å². The zero-order valence-corrected chi connectivity index (χ0v) is 7.54. The third-order valence-corrected chi connectivity index (χ3v) is 2.91. The second-order valence-corrected chi connectivity index (χ2v) is 3.92. The van der Waals surface area contributed by atoms with Crippen molar-refractivity contribution in [1.82, 2.24) is 0 Å². The Morgan fingerprint density at radius 3 is 2.38 bits per heavy atom. The zero-order valence-electron chi connectivity index (χ0n) is 7.54. The Kier molecular flexibility index (Phi) is 1.78. The molecule has 72 valence electrons. The molecule has 4 nitrogen and oxygen atoms in total. The molecule has 1 saturated heterocycles. The van der Waals surface area contributed by atoms with Gasteiger partial charge in [-0.25, -0.2) is 9.59 Å². The lowest BCUT2D eigenvalue weighted by atomic mass is 9.80. The fourth-order valence-electron chi connectivity index (χ4n) is 1.93. The summed E-state index contributed by atoms with van der Waals surface area (Å²) < 4.78 is 9.33. The fraction of sp³-hybridized carbons (Fsp3) is 0.778. The summed E-state index contributed by atoms with van der Waals surface area (Å²) in [7, 11) is 0. The Hall–Kier alpha value is -1.06. The third kappa shape index (κ3) is 1.30. The van der Waals surface area contributed by atoms with Crippen LogP contribution in [0.5, 0.6) is 0 Å². The number of hydrogen-bond donors (Lipinski definition) is 0. The van der Waals surface area contributed by atoms with Crippen molar-refractivity contribution in [2.45, 2.75) is 38.2 Å². The lowest BCUT2D eigenvalue weighted by molar-refractivity contribution is -0.146. The molecule has 2 aliphatic rings. The minimum absolute atomic E-state index is 0.496. The molecule has 13 heavy (non-hydrogen) atoms. The van der Waals surface area contributed by atoms with Gasteiger partial charge in [0.1, 0.15) is 0 Å². The van der Waals surface area contributed by atoms with Gasteiger partial charge in [0, 0.05) is 0 Å². The minimum Gasteiger partial charge on any atom is -0.415 e. The summed E-state index contributed by atoms with van der Waals surface area (Å²) in [4.78, 5) is 22.0. The van der Waals surface area contributed by atoms with E-state index in [2.05, 4.69) is 11.7 Å². The maximum absolute atomic E-state index is 11.3. The van der Waals surface area contributed by atoms with E-state index in [0.29, 0.717) is 18.8 Å². The summed E-state index contributed by atoms with van der Waals surface area (Å²) in [5.74, 6) is 0.113. The Balaban J connectivity index is 2.13. The van der Waals surface area contributed by atoms with Gasteiger partial charge in [0.2, 0.25) is 5.60 Å². The number of ether oxygens (including phenoxy) is 2. The van der Waals surface area contributed by atoms with Crippen molar-refractivity contribution in [1.29, 1.82) is 0 Å². The summed E-state index contributed by atoms with van der Waals surface area (Å²) in [5, 5.41) is 0.